The third-order valence-electron chi connectivity index (χ3n) is 3.57. The summed E-state index contributed by atoms with van der Waals surface area (Å²) < 4.78 is 0. The summed E-state index contributed by atoms with van der Waals surface area (Å²) in [7, 11) is 1.80. The van der Waals surface area contributed by atoms with Gasteiger partial charge in [0.2, 0.25) is 0 Å². The van der Waals surface area contributed by atoms with Gasteiger partial charge < -0.3 is 10.6 Å². The molecule has 0 saturated heterocycles. The maximum atomic E-state index is 4.56. The molecule has 0 radical (unpaired) electrons. The van der Waals surface area contributed by atoms with Crippen molar-refractivity contribution in [3.8, 4) is 0 Å². The molecule has 24 heavy (non-hydrogen) atoms. The van der Waals surface area contributed by atoms with E-state index in [0.717, 1.165) is 48.3 Å². The smallest absolute Gasteiger partial charge is 0.191 e. The molecule has 0 aliphatic carbocycles. The fraction of sp³-hybridized carbons (Fsp3) is 0.562. The molecule has 0 aliphatic rings. The number of aliphatic imine (C=N–C) groups is 1. The maximum absolute atomic E-state index is 4.56. The van der Waals surface area contributed by atoms with Gasteiger partial charge in [-0.05, 0) is 27.7 Å². The van der Waals surface area contributed by atoms with Crippen LogP contribution in [0.4, 0.5) is 0 Å². The standard InChI is InChI=1S/C16H25N5S2.HI/c1-10-12(3)22-15(21-10)7-9-19-16(17-5)18-8-6-14-11(2)20-13(4)23-14;/h6-9H2,1-5H3,(H2,17,18,19);1H. The average molecular weight is 479 g/mol. The highest BCUT2D eigenvalue weighted by Crippen LogP contribution is 2.17. The van der Waals surface area contributed by atoms with Crippen LogP contribution in [0.1, 0.15) is 31.2 Å². The summed E-state index contributed by atoms with van der Waals surface area (Å²) >= 11 is 3.55. The van der Waals surface area contributed by atoms with Crippen LogP contribution >= 0.6 is 46.7 Å². The monoisotopic (exact) mass is 479 g/mol. The second-order valence-electron chi connectivity index (χ2n) is 5.42. The molecular weight excluding hydrogens is 453 g/mol. The molecule has 134 valence electrons. The van der Waals surface area contributed by atoms with Crippen LogP contribution in [0, 0.1) is 27.7 Å². The van der Waals surface area contributed by atoms with E-state index in [1.165, 1.54) is 14.8 Å². The highest BCUT2D eigenvalue weighted by Gasteiger charge is 2.06. The number of aromatic nitrogens is 2. The zero-order valence-electron chi connectivity index (χ0n) is 14.9. The molecule has 2 aromatic rings. The summed E-state index contributed by atoms with van der Waals surface area (Å²) in [6, 6.07) is 0. The summed E-state index contributed by atoms with van der Waals surface area (Å²) in [5.41, 5.74) is 2.29. The van der Waals surface area contributed by atoms with Crippen LogP contribution in [0.5, 0.6) is 0 Å². The predicted octanol–water partition coefficient (Wildman–Crippen LogP) is 3.40. The number of aryl methyl sites for hydroxylation is 4. The molecule has 8 heteroatoms. The van der Waals surface area contributed by atoms with Crippen LogP contribution in [-0.2, 0) is 12.8 Å². The van der Waals surface area contributed by atoms with E-state index in [1.54, 1.807) is 29.7 Å². The molecule has 2 rings (SSSR count). The van der Waals surface area contributed by atoms with Gasteiger partial charge in [-0.25, -0.2) is 9.97 Å². The first-order valence-corrected chi connectivity index (χ1v) is 9.43. The number of nitrogens with one attached hydrogen (secondary N) is 2. The molecule has 2 heterocycles. The zero-order chi connectivity index (χ0) is 16.8. The van der Waals surface area contributed by atoms with Crippen molar-refractivity contribution in [3.63, 3.8) is 0 Å². The van der Waals surface area contributed by atoms with Crippen LogP contribution in [0.3, 0.4) is 0 Å². The van der Waals surface area contributed by atoms with Crippen LogP contribution in [0.2, 0.25) is 0 Å². The molecular formula is C16H26IN5S2. The van der Waals surface area contributed by atoms with Gasteiger partial charge in [0, 0.05) is 42.7 Å². The number of guanidine groups is 1. The summed E-state index contributed by atoms with van der Waals surface area (Å²) in [4.78, 5) is 15.9. The van der Waals surface area contributed by atoms with Crippen LogP contribution in [0.15, 0.2) is 4.99 Å². The summed E-state index contributed by atoms with van der Waals surface area (Å²) in [5.74, 6) is 0.842. The summed E-state index contributed by atoms with van der Waals surface area (Å²) in [5, 5.41) is 9.02. The fourth-order valence-corrected chi connectivity index (χ4v) is 4.12. The number of thiazole rings is 2. The highest BCUT2D eigenvalue weighted by molar-refractivity contribution is 14.0. The van der Waals surface area contributed by atoms with Crippen LogP contribution in [0.25, 0.3) is 0 Å². The van der Waals surface area contributed by atoms with Crippen molar-refractivity contribution < 1.29 is 0 Å². The van der Waals surface area contributed by atoms with Gasteiger partial charge in [-0.15, -0.1) is 46.7 Å². The second kappa shape index (κ2) is 10.3. The molecule has 0 fully saturated rings. The van der Waals surface area contributed by atoms with Gasteiger partial charge in [-0.2, -0.15) is 0 Å². The number of hydrogen-bond acceptors (Lipinski definition) is 5. The Morgan fingerprint density at radius 1 is 0.958 bits per heavy atom. The van der Waals surface area contributed by atoms with Gasteiger partial charge >= 0.3 is 0 Å². The first-order chi connectivity index (χ1) is 11.0. The lowest BCUT2D eigenvalue weighted by Gasteiger charge is -2.11. The zero-order valence-corrected chi connectivity index (χ0v) is 18.9. The Morgan fingerprint density at radius 3 is 2.12 bits per heavy atom. The molecule has 0 spiro atoms. The SMILES string of the molecule is CN=C(NCCc1nc(C)c(C)s1)NCCc1sc(C)nc1C.I. The lowest BCUT2D eigenvalue weighted by molar-refractivity contribution is 0.782. The Balaban J connectivity index is 0.00000288. The topological polar surface area (TPSA) is 62.2 Å². The van der Waals surface area contributed by atoms with E-state index in [0.29, 0.717) is 0 Å². The number of hydrogen-bond donors (Lipinski definition) is 2. The summed E-state index contributed by atoms with van der Waals surface area (Å²) in [6.07, 6.45) is 1.90. The fourth-order valence-electron chi connectivity index (χ4n) is 2.25. The molecule has 0 saturated carbocycles. The van der Waals surface area contributed by atoms with E-state index in [4.69, 9.17) is 0 Å². The van der Waals surface area contributed by atoms with Crippen LogP contribution in [-0.4, -0.2) is 36.1 Å². The highest BCUT2D eigenvalue weighted by atomic mass is 127. The van der Waals surface area contributed by atoms with E-state index >= 15 is 0 Å². The van der Waals surface area contributed by atoms with Crippen molar-refractivity contribution in [1.29, 1.82) is 0 Å². The van der Waals surface area contributed by atoms with Gasteiger partial charge in [0.05, 0.1) is 21.4 Å². The predicted molar refractivity (Wildman–Crippen MR) is 115 cm³/mol. The van der Waals surface area contributed by atoms with Gasteiger partial charge in [-0.3, -0.25) is 4.99 Å². The van der Waals surface area contributed by atoms with Gasteiger partial charge in [0.1, 0.15) is 0 Å². The minimum atomic E-state index is 0. The third kappa shape index (κ3) is 6.29. The Bertz CT molecular complexity index is 659. The lowest BCUT2D eigenvalue weighted by atomic mass is 10.3. The molecule has 0 atom stereocenters. The minimum absolute atomic E-state index is 0. The van der Waals surface area contributed by atoms with E-state index in [2.05, 4.69) is 53.3 Å². The first kappa shape index (κ1) is 21.3. The average Bonchev–Trinajstić information content (AvgIpc) is 2.99. The van der Waals surface area contributed by atoms with E-state index in [9.17, 15) is 0 Å². The van der Waals surface area contributed by atoms with Crippen molar-refractivity contribution >= 4 is 52.6 Å². The van der Waals surface area contributed by atoms with Crippen molar-refractivity contribution in [2.24, 2.45) is 4.99 Å². The Hall–Kier alpha value is -0.740. The van der Waals surface area contributed by atoms with Gasteiger partial charge in [-0.1, -0.05) is 0 Å². The number of rotatable bonds is 6. The van der Waals surface area contributed by atoms with E-state index in [-0.39, 0.29) is 24.0 Å². The molecule has 2 aromatic heterocycles. The lowest BCUT2D eigenvalue weighted by Crippen LogP contribution is -2.39. The second-order valence-corrected chi connectivity index (χ2v) is 7.99. The normalized spacial score (nSPS) is 11.3. The number of nitrogens with zero attached hydrogens (tertiary/aromatic N) is 3. The molecule has 0 amide bonds. The quantitative estimate of drug-likeness (QED) is 0.379. The van der Waals surface area contributed by atoms with Gasteiger partial charge in [0.25, 0.3) is 0 Å². The van der Waals surface area contributed by atoms with Crippen molar-refractivity contribution in [2.45, 2.75) is 40.5 Å². The van der Waals surface area contributed by atoms with E-state index < -0.39 is 0 Å². The van der Waals surface area contributed by atoms with Crippen LogP contribution < -0.4 is 10.6 Å². The third-order valence-corrected chi connectivity index (χ3v) is 5.84. The Kier molecular flexibility index (Phi) is 9.14. The Labute approximate surface area is 169 Å². The molecule has 0 aromatic carbocycles. The molecule has 0 unspecified atom stereocenters. The van der Waals surface area contributed by atoms with Crippen molar-refractivity contribution in [1.82, 2.24) is 20.6 Å². The molecule has 0 aliphatic heterocycles. The molecule has 0 bridgehead atoms. The van der Waals surface area contributed by atoms with E-state index in [1.807, 2.05) is 0 Å². The first-order valence-electron chi connectivity index (χ1n) is 7.80. The van der Waals surface area contributed by atoms with Crippen molar-refractivity contribution in [2.75, 3.05) is 20.1 Å². The summed E-state index contributed by atoms with van der Waals surface area (Å²) in [6.45, 7) is 10.0. The van der Waals surface area contributed by atoms with Gasteiger partial charge in [0.15, 0.2) is 5.96 Å². The Morgan fingerprint density at radius 2 is 1.62 bits per heavy atom. The molecule has 5 nitrogen and oxygen atoms in total. The minimum Gasteiger partial charge on any atom is -0.356 e. The largest absolute Gasteiger partial charge is 0.356 e. The molecule has 2 N–H and O–H groups in total. The van der Waals surface area contributed by atoms with Crippen molar-refractivity contribution in [3.05, 3.63) is 31.2 Å². The maximum Gasteiger partial charge on any atom is 0.191 e. The number of halogens is 1.